The van der Waals surface area contributed by atoms with Crippen LogP contribution in [0.5, 0.6) is 11.5 Å². The van der Waals surface area contributed by atoms with Crippen molar-refractivity contribution in [1.82, 2.24) is 19.6 Å². The van der Waals surface area contributed by atoms with Gasteiger partial charge in [-0.3, -0.25) is 14.5 Å². The van der Waals surface area contributed by atoms with Gasteiger partial charge in [0.25, 0.3) is 5.91 Å². The number of primary amides is 1. The van der Waals surface area contributed by atoms with Crippen LogP contribution in [0.25, 0.3) is 5.69 Å². The van der Waals surface area contributed by atoms with Crippen molar-refractivity contribution in [2.45, 2.75) is 12.5 Å². The van der Waals surface area contributed by atoms with E-state index in [2.05, 4.69) is 15.0 Å². The van der Waals surface area contributed by atoms with Crippen LogP contribution in [0.3, 0.4) is 0 Å². The van der Waals surface area contributed by atoms with Crippen LogP contribution in [0.1, 0.15) is 28.6 Å². The van der Waals surface area contributed by atoms with Gasteiger partial charge in [-0.05, 0) is 42.8 Å². The Bertz CT molecular complexity index is 1380. The Hall–Kier alpha value is -4.64. The number of rotatable bonds is 7. The Balaban J connectivity index is 1.34. The number of carbonyl (C=O) groups is 3. The number of nitrogens with zero attached hydrogens (tertiary/aromatic N) is 4. The SMILES string of the molecule is COC(=O)/C=C/C(=O)N1CCN(C2CCNc3c2nn(-c2ccc(Oc4ccccc4)cc2)c3C(N)=O)CC1. The highest BCUT2D eigenvalue weighted by atomic mass is 16.5. The van der Waals surface area contributed by atoms with Gasteiger partial charge in [0.1, 0.15) is 17.2 Å². The second kappa shape index (κ2) is 11.4. The van der Waals surface area contributed by atoms with Gasteiger partial charge in [0, 0.05) is 44.9 Å². The Morgan fingerprint density at radius 1 is 0.974 bits per heavy atom. The molecular weight excluding hydrogens is 500 g/mol. The molecule has 5 rings (SSSR count). The lowest BCUT2D eigenvalue weighted by Crippen LogP contribution is -2.50. The number of amides is 2. The second-order valence-corrected chi connectivity index (χ2v) is 9.24. The van der Waals surface area contributed by atoms with Crippen LogP contribution in [-0.4, -0.2) is 77.2 Å². The summed E-state index contributed by atoms with van der Waals surface area (Å²) in [6.07, 6.45) is 3.16. The minimum atomic E-state index is -0.575. The molecule has 11 heteroatoms. The first-order valence-corrected chi connectivity index (χ1v) is 12.7. The number of aromatic nitrogens is 2. The highest BCUT2D eigenvalue weighted by molar-refractivity contribution is 5.98. The summed E-state index contributed by atoms with van der Waals surface area (Å²) < 4.78 is 12.0. The van der Waals surface area contributed by atoms with Crippen LogP contribution < -0.4 is 15.8 Å². The summed E-state index contributed by atoms with van der Waals surface area (Å²) in [6, 6.07) is 16.8. The minimum Gasteiger partial charge on any atom is -0.466 e. The molecule has 202 valence electrons. The third-order valence-electron chi connectivity index (χ3n) is 6.87. The number of piperazine rings is 1. The third kappa shape index (κ3) is 5.63. The molecule has 3 N–H and O–H groups in total. The van der Waals surface area contributed by atoms with Crippen molar-refractivity contribution in [3.63, 3.8) is 0 Å². The Morgan fingerprint density at radius 2 is 1.67 bits per heavy atom. The van der Waals surface area contributed by atoms with E-state index in [-0.39, 0.29) is 11.9 Å². The fourth-order valence-electron chi connectivity index (χ4n) is 4.93. The normalized spacial score (nSPS) is 17.4. The van der Waals surface area contributed by atoms with Gasteiger partial charge in [-0.25, -0.2) is 9.48 Å². The molecule has 2 aromatic carbocycles. The molecule has 11 nitrogen and oxygen atoms in total. The molecule has 1 fully saturated rings. The van der Waals surface area contributed by atoms with Gasteiger partial charge in [-0.1, -0.05) is 18.2 Å². The topological polar surface area (TPSA) is 132 Å². The van der Waals surface area contributed by atoms with E-state index in [1.54, 1.807) is 9.58 Å². The van der Waals surface area contributed by atoms with Crippen molar-refractivity contribution in [3.05, 3.63) is 78.1 Å². The zero-order chi connectivity index (χ0) is 27.4. The molecule has 0 radical (unpaired) electrons. The van der Waals surface area contributed by atoms with Gasteiger partial charge in [-0.15, -0.1) is 0 Å². The predicted octanol–water partition coefficient (Wildman–Crippen LogP) is 2.49. The summed E-state index contributed by atoms with van der Waals surface area (Å²) in [4.78, 5) is 40.3. The summed E-state index contributed by atoms with van der Waals surface area (Å²) in [7, 11) is 1.27. The summed E-state index contributed by atoms with van der Waals surface area (Å²) in [5.74, 6) is 0.0158. The molecule has 2 aliphatic heterocycles. The van der Waals surface area contributed by atoms with E-state index in [0.29, 0.717) is 55.5 Å². The van der Waals surface area contributed by atoms with Crippen LogP contribution in [0.4, 0.5) is 5.69 Å². The first-order chi connectivity index (χ1) is 18.9. The molecule has 1 saturated heterocycles. The quantitative estimate of drug-likeness (QED) is 0.352. The molecule has 0 aliphatic carbocycles. The van der Waals surface area contributed by atoms with Gasteiger partial charge in [0.15, 0.2) is 5.69 Å². The number of nitrogens with one attached hydrogen (secondary N) is 1. The van der Waals surface area contributed by atoms with E-state index in [9.17, 15) is 14.4 Å². The van der Waals surface area contributed by atoms with Crippen LogP contribution in [0, 0.1) is 0 Å². The fraction of sp³-hybridized carbons (Fsp3) is 0.286. The maximum Gasteiger partial charge on any atom is 0.330 e. The van der Waals surface area contributed by atoms with Crippen molar-refractivity contribution >= 4 is 23.5 Å². The summed E-state index contributed by atoms with van der Waals surface area (Å²) in [6.45, 7) is 2.94. The molecule has 0 bridgehead atoms. The van der Waals surface area contributed by atoms with Crippen LogP contribution in [0.15, 0.2) is 66.7 Å². The minimum absolute atomic E-state index is 0.0378. The molecule has 1 aromatic heterocycles. The molecule has 39 heavy (non-hydrogen) atoms. The summed E-state index contributed by atoms with van der Waals surface area (Å²) in [5, 5.41) is 8.18. The third-order valence-corrected chi connectivity index (χ3v) is 6.87. The van der Waals surface area contributed by atoms with E-state index in [4.69, 9.17) is 15.6 Å². The van der Waals surface area contributed by atoms with Crippen LogP contribution in [0.2, 0.25) is 0 Å². The molecule has 3 aromatic rings. The first kappa shape index (κ1) is 26.0. The maximum absolute atomic E-state index is 12.6. The van der Waals surface area contributed by atoms with Gasteiger partial charge >= 0.3 is 5.97 Å². The second-order valence-electron chi connectivity index (χ2n) is 9.24. The smallest absolute Gasteiger partial charge is 0.330 e. The van der Waals surface area contributed by atoms with Crippen molar-refractivity contribution in [2.24, 2.45) is 5.73 Å². The zero-order valence-electron chi connectivity index (χ0n) is 21.6. The number of fused-ring (bicyclic) bond motifs is 1. The van der Waals surface area contributed by atoms with E-state index in [0.717, 1.165) is 23.9 Å². The van der Waals surface area contributed by atoms with Gasteiger partial charge in [-0.2, -0.15) is 5.10 Å². The van der Waals surface area contributed by atoms with E-state index in [1.807, 2.05) is 54.6 Å². The number of ether oxygens (including phenoxy) is 2. The van der Waals surface area contributed by atoms with Gasteiger partial charge < -0.3 is 25.4 Å². The number of esters is 1. The first-order valence-electron chi connectivity index (χ1n) is 12.7. The molecule has 2 amide bonds. The fourth-order valence-corrected chi connectivity index (χ4v) is 4.93. The summed E-state index contributed by atoms with van der Waals surface area (Å²) >= 11 is 0. The monoisotopic (exact) mass is 530 g/mol. The molecule has 0 saturated carbocycles. The number of methoxy groups -OCH3 is 1. The Kier molecular flexibility index (Phi) is 7.60. The van der Waals surface area contributed by atoms with Gasteiger partial charge in [0.2, 0.25) is 5.91 Å². The highest BCUT2D eigenvalue weighted by Gasteiger charge is 2.35. The number of para-hydroxylation sites is 1. The van der Waals surface area contributed by atoms with Crippen molar-refractivity contribution in [2.75, 3.05) is 45.2 Å². The van der Waals surface area contributed by atoms with Crippen LogP contribution in [-0.2, 0) is 14.3 Å². The zero-order valence-corrected chi connectivity index (χ0v) is 21.6. The lowest BCUT2D eigenvalue weighted by atomic mass is 10.0. The lowest BCUT2D eigenvalue weighted by molar-refractivity contribution is -0.135. The average Bonchev–Trinajstić information content (AvgIpc) is 3.37. The number of hydrogen-bond acceptors (Lipinski definition) is 8. The van der Waals surface area contributed by atoms with E-state index >= 15 is 0 Å². The predicted molar refractivity (Wildman–Crippen MR) is 144 cm³/mol. The molecule has 2 aliphatic rings. The molecule has 3 heterocycles. The number of anilines is 1. The van der Waals surface area contributed by atoms with E-state index < -0.39 is 11.9 Å². The summed E-state index contributed by atoms with van der Waals surface area (Å²) in [5.41, 5.74) is 8.21. The van der Waals surface area contributed by atoms with Gasteiger partial charge in [0.05, 0.1) is 24.5 Å². The molecule has 0 spiro atoms. The Labute approximate surface area is 225 Å². The van der Waals surface area contributed by atoms with Crippen molar-refractivity contribution in [1.29, 1.82) is 0 Å². The van der Waals surface area contributed by atoms with E-state index in [1.165, 1.54) is 13.2 Å². The maximum atomic E-state index is 12.6. The Morgan fingerprint density at radius 3 is 2.33 bits per heavy atom. The molecular formula is C28H30N6O5. The number of benzene rings is 2. The molecule has 1 unspecified atom stereocenters. The van der Waals surface area contributed by atoms with Crippen LogP contribution >= 0.6 is 0 Å². The highest BCUT2D eigenvalue weighted by Crippen LogP contribution is 2.37. The largest absolute Gasteiger partial charge is 0.466 e. The number of carbonyl (C=O) groups excluding carboxylic acids is 3. The average molecular weight is 531 g/mol. The molecule has 1 atom stereocenters. The van der Waals surface area contributed by atoms with Crippen molar-refractivity contribution < 1.29 is 23.9 Å². The lowest BCUT2D eigenvalue weighted by Gasteiger charge is -2.40. The van der Waals surface area contributed by atoms with Crippen molar-refractivity contribution in [3.8, 4) is 17.2 Å². The number of nitrogens with two attached hydrogens (primary N) is 1. The number of hydrogen-bond donors (Lipinski definition) is 2. The standard InChI is InChI=1S/C28H30N6O5/c1-38-24(36)12-11-23(35)33-17-15-32(16-18-33)22-13-14-30-26-25(22)31-34(27(26)28(29)37)19-7-9-21(10-8-19)39-20-5-3-2-4-6-20/h2-12,22,30H,13-18H2,1H3,(H2,29,37)/b12-11+.